The molecule has 0 radical (unpaired) electrons. The molecule has 1 atom stereocenters. The fourth-order valence-electron chi connectivity index (χ4n) is 3.57. The van der Waals surface area contributed by atoms with Crippen LogP contribution in [0.1, 0.15) is 49.4 Å². The van der Waals surface area contributed by atoms with Crippen LogP contribution in [0.4, 0.5) is 5.82 Å². The number of para-hydroxylation sites is 2. The van der Waals surface area contributed by atoms with Gasteiger partial charge in [0.05, 0.1) is 16.6 Å². The molecule has 2 aromatic heterocycles. The van der Waals surface area contributed by atoms with Gasteiger partial charge in [-0.1, -0.05) is 56.3 Å². The van der Waals surface area contributed by atoms with Crippen molar-refractivity contribution >= 4 is 22.5 Å². The Balaban J connectivity index is 1.97. The van der Waals surface area contributed by atoms with Gasteiger partial charge in [0.15, 0.2) is 5.65 Å². The maximum Gasteiger partial charge on any atom is 0.157 e. The van der Waals surface area contributed by atoms with Crippen molar-refractivity contribution in [3.63, 3.8) is 0 Å². The molecule has 2 aromatic carbocycles. The number of fused-ring (bicyclic) bond motifs is 3. The monoisotopic (exact) mass is 354 g/mol. The van der Waals surface area contributed by atoms with Gasteiger partial charge in [-0.05, 0) is 42.2 Å². The van der Waals surface area contributed by atoms with Crippen LogP contribution in [0.2, 0.25) is 0 Å². The Bertz CT molecular complexity index is 1150. The summed E-state index contributed by atoms with van der Waals surface area (Å²) in [7, 11) is 0. The van der Waals surface area contributed by atoms with E-state index < -0.39 is 0 Å². The molecule has 27 heavy (non-hydrogen) atoms. The minimum atomic E-state index is 0.128. The van der Waals surface area contributed by atoms with E-state index in [9.17, 15) is 5.26 Å². The lowest BCUT2D eigenvalue weighted by Crippen LogP contribution is -2.11. The van der Waals surface area contributed by atoms with Gasteiger partial charge in [-0.25, -0.2) is 4.98 Å². The highest BCUT2D eigenvalue weighted by molar-refractivity contribution is 5.85. The van der Waals surface area contributed by atoms with Gasteiger partial charge in [-0.3, -0.25) is 4.40 Å². The minimum absolute atomic E-state index is 0.128. The SMILES string of the molecule is CC(C)c1cc(N[C@H](C)c2ccccc2)n2c(nc3ccccc32)c1C#N. The number of rotatable bonds is 4. The lowest BCUT2D eigenvalue weighted by Gasteiger charge is -2.20. The van der Waals surface area contributed by atoms with Gasteiger partial charge in [0.1, 0.15) is 11.9 Å². The van der Waals surface area contributed by atoms with Crippen LogP contribution in [0.25, 0.3) is 16.7 Å². The first-order valence-electron chi connectivity index (χ1n) is 9.26. The number of nitrogens with one attached hydrogen (secondary N) is 1. The molecular formula is C23H22N4. The first kappa shape index (κ1) is 17.1. The van der Waals surface area contributed by atoms with Gasteiger partial charge in [0.25, 0.3) is 0 Å². The maximum absolute atomic E-state index is 9.82. The molecule has 134 valence electrons. The summed E-state index contributed by atoms with van der Waals surface area (Å²) >= 11 is 0. The Kier molecular flexibility index (Phi) is 4.29. The number of aromatic nitrogens is 2. The van der Waals surface area contributed by atoms with Gasteiger partial charge >= 0.3 is 0 Å². The van der Waals surface area contributed by atoms with E-state index in [2.05, 4.69) is 54.8 Å². The van der Waals surface area contributed by atoms with Gasteiger partial charge in [-0.15, -0.1) is 0 Å². The highest BCUT2D eigenvalue weighted by Crippen LogP contribution is 2.32. The summed E-state index contributed by atoms with van der Waals surface area (Å²) < 4.78 is 2.07. The maximum atomic E-state index is 9.82. The van der Waals surface area contributed by atoms with Crippen LogP contribution in [0.3, 0.4) is 0 Å². The normalized spacial score (nSPS) is 12.4. The van der Waals surface area contributed by atoms with E-state index in [1.165, 1.54) is 5.56 Å². The van der Waals surface area contributed by atoms with Gasteiger partial charge in [0, 0.05) is 6.04 Å². The van der Waals surface area contributed by atoms with Crippen molar-refractivity contribution in [3.05, 3.63) is 77.4 Å². The number of nitrogens with zero attached hydrogens (tertiary/aromatic N) is 3. The fraction of sp³-hybridized carbons (Fsp3) is 0.217. The molecule has 0 spiro atoms. The summed E-state index contributed by atoms with van der Waals surface area (Å²) in [6, 6.07) is 23.0. The van der Waals surface area contributed by atoms with Crippen LogP contribution >= 0.6 is 0 Å². The minimum Gasteiger partial charge on any atom is -0.365 e. The second kappa shape index (κ2) is 6.77. The lowest BCUT2D eigenvalue weighted by atomic mass is 9.98. The van der Waals surface area contributed by atoms with E-state index >= 15 is 0 Å². The molecule has 0 saturated carbocycles. The highest BCUT2D eigenvalue weighted by Gasteiger charge is 2.19. The zero-order valence-electron chi connectivity index (χ0n) is 15.8. The van der Waals surface area contributed by atoms with E-state index in [0.717, 1.165) is 22.4 Å². The van der Waals surface area contributed by atoms with Crippen molar-refractivity contribution in [2.75, 3.05) is 5.32 Å². The molecule has 0 amide bonds. The van der Waals surface area contributed by atoms with E-state index in [-0.39, 0.29) is 12.0 Å². The van der Waals surface area contributed by atoms with Crippen molar-refractivity contribution < 1.29 is 0 Å². The molecule has 4 nitrogen and oxygen atoms in total. The van der Waals surface area contributed by atoms with Crippen LogP contribution in [0.15, 0.2) is 60.7 Å². The third-order valence-corrected chi connectivity index (χ3v) is 5.00. The number of benzene rings is 2. The number of hydrogen-bond acceptors (Lipinski definition) is 3. The molecule has 1 N–H and O–H groups in total. The molecular weight excluding hydrogens is 332 g/mol. The zero-order valence-corrected chi connectivity index (χ0v) is 15.8. The zero-order chi connectivity index (χ0) is 19.0. The van der Waals surface area contributed by atoms with Gasteiger partial charge < -0.3 is 5.32 Å². The summed E-state index contributed by atoms with van der Waals surface area (Å²) in [6.07, 6.45) is 0. The standard InChI is InChI=1S/C23H22N4/c1-15(2)18-13-22(25-16(3)17-9-5-4-6-10-17)27-21-12-8-7-11-20(21)26-23(27)19(18)14-24/h4-13,15-16,25H,1-3H3/t16-/m1/s1. The summed E-state index contributed by atoms with van der Waals surface area (Å²) in [4.78, 5) is 4.77. The summed E-state index contributed by atoms with van der Waals surface area (Å²) in [5.74, 6) is 1.19. The molecule has 4 heteroatoms. The Morgan fingerprint density at radius 3 is 2.41 bits per heavy atom. The lowest BCUT2D eigenvalue weighted by molar-refractivity contribution is 0.844. The second-order valence-electron chi connectivity index (χ2n) is 7.16. The molecule has 0 aliphatic rings. The molecule has 2 heterocycles. The number of imidazole rings is 1. The Morgan fingerprint density at radius 2 is 1.70 bits per heavy atom. The van der Waals surface area contributed by atoms with Crippen molar-refractivity contribution in [1.29, 1.82) is 5.26 Å². The van der Waals surface area contributed by atoms with Gasteiger partial charge in [-0.2, -0.15) is 5.26 Å². The quantitative estimate of drug-likeness (QED) is 0.515. The molecule has 4 rings (SSSR count). The Labute approximate surface area is 159 Å². The third-order valence-electron chi connectivity index (χ3n) is 5.00. The van der Waals surface area contributed by atoms with Crippen LogP contribution in [0, 0.1) is 11.3 Å². The smallest absolute Gasteiger partial charge is 0.157 e. The van der Waals surface area contributed by atoms with Crippen LogP contribution in [-0.2, 0) is 0 Å². The molecule has 0 fully saturated rings. The largest absolute Gasteiger partial charge is 0.365 e. The van der Waals surface area contributed by atoms with Crippen molar-refractivity contribution in [2.45, 2.75) is 32.7 Å². The first-order chi connectivity index (χ1) is 13.1. The second-order valence-corrected chi connectivity index (χ2v) is 7.16. The van der Waals surface area contributed by atoms with Crippen molar-refractivity contribution in [2.24, 2.45) is 0 Å². The summed E-state index contributed by atoms with van der Waals surface area (Å²) in [6.45, 7) is 6.37. The van der Waals surface area contributed by atoms with E-state index in [4.69, 9.17) is 4.98 Å². The molecule has 0 aliphatic heterocycles. The highest BCUT2D eigenvalue weighted by atomic mass is 15.1. The first-order valence-corrected chi connectivity index (χ1v) is 9.26. The molecule has 0 aliphatic carbocycles. The van der Waals surface area contributed by atoms with Crippen molar-refractivity contribution in [1.82, 2.24) is 9.38 Å². The van der Waals surface area contributed by atoms with E-state index in [0.29, 0.717) is 11.2 Å². The number of nitriles is 1. The van der Waals surface area contributed by atoms with Crippen LogP contribution in [0.5, 0.6) is 0 Å². The van der Waals surface area contributed by atoms with E-state index in [1.54, 1.807) is 0 Å². The molecule has 4 aromatic rings. The summed E-state index contributed by atoms with van der Waals surface area (Å²) in [5.41, 5.74) is 5.49. The number of pyridine rings is 1. The van der Waals surface area contributed by atoms with Crippen molar-refractivity contribution in [3.8, 4) is 6.07 Å². The predicted octanol–water partition coefficient (Wildman–Crippen LogP) is 5.66. The molecule has 0 bridgehead atoms. The average Bonchev–Trinajstić information content (AvgIpc) is 3.08. The van der Waals surface area contributed by atoms with E-state index in [1.807, 2.05) is 42.5 Å². The van der Waals surface area contributed by atoms with Crippen LogP contribution in [-0.4, -0.2) is 9.38 Å². The third kappa shape index (κ3) is 2.92. The topological polar surface area (TPSA) is 53.1 Å². The number of anilines is 1. The average molecular weight is 354 g/mol. The predicted molar refractivity (Wildman–Crippen MR) is 110 cm³/mol. The summed E-state index contributed by atoms with van der Waals surface area (Å²) in [5, 5.41) is 13.5. The fourth-order valence-corrected chi connectivity index (χ4v) is 3.57. The van der Waals surface area contributed by atoms with Crippen LogP contribution < -0.4 is 5.32 Å². The Hall–Kier alpha value is -3.32. The van der Waals surface area contributed by atoms with Gasteiger partial charge in [0.2, 0.25) is 0 Å². The number of hydrogen-bond donors (Lipinski definition) is 1. The Morgan fingerprint density at radius 1 is 1.00 bits per heavy atom. The molecule has 0 unspecified atom stereocenters. The molecule has 0 saturated heterocycles.